The molecule has 1 aliphatic heterocycles. The van der Waals surface area contributed by atoms with Crippen LogP contribution in [-0.2, 0) is 6.54 Å². The van der Waals surface area contributed by atoms with Gasteiger partial charge in [-0.25, -0.2) is 4.79 Å². The van der Waals surface area contributed by atoms with Gasteiger partial charge < -0.3 is 4.90 Å². The zero-order valence-electron chi connectivity index (χ0n) is 12.6. The number of benzene rings is 1. The van der Waals surface area contributed by atoms with Crippen molar-refractivity contribution in [2.24, 2.45) is 5.92 Å². The molecule has 0 radical (unpaired) electrons. The summed E-state index contributed by atoms with van der Waals surface area (Å²) in [5.41, 5.74) is 0.636. The largest absolute Gasteiger partial charge is 0.323 e. The van der Waals surface area contributed by atoms with Crippen molar-refractivity contribution in [2.75, 3.05) is 0 Å². The number of hydrogen-bond donors (Lipinski definition) is 2. The third-order valence-electron chi connectivity index (χ3n) is 5.13. The lowest BCUT2D eigenvalue weighted by Gasteiger charge is -2.41. The fourth-order valence-corrected chi connectivity index (χ4v) is 3.74. The van der Waals surface area contributed by atoms with Crippen LogP contribution in [0.3, 0.4) is 0 Å². The van der Waals surface area contributed by atoms with Crippen LogP contribution >= 0.6 is 0 Å². The Kier molecular flexibility index (Phi) is 3.70. The van der Waals surface area contributed by atoms with E-state index in [1.54, 1.807) is 0 Å². The van der Waals surface area contributed by atoms with Gasteiger partial charge in [-0.2, -0.15) is 0 Å². The first kappa shape index (κ1) is 14.1. The minimum absolute atomic E-state index is 0.128. The third kappa shape index (κ3) is 2.43. The van der Waals surface area contributed by atoms with E-state index < -0.39 is 5.54 Å². The SMILES string of the molecule is CC1(C2CCCCC2)C(=N)NC(=O)N1Cc1ccccc1. The first-order valence-corrected chi connectivity index (χ1v) is 7.84. The molecule has 0 aromatic heterocycles. The molecule has 112 valence electrons. The Hall–Kier alpha value is -1.84. The summed E-state index contributed by atoms with van der Waals surface area (Å²) in [7, 11) is 0. The molecular formula is C17H23N3O. The van der Waals surface area contributed by atoms with Gasteiger partial charge in [-0.3, -0.25) is 10.7 Å². The molecule has 1 heterocycles. The highest BCUT2D eigenvalue weighted by Crippen LogP contribution is 2.39. The number of carbonyl (C=O) groups excluding carboxylic acids is 1. The monoisotopic (exact) mass is 285 g/mol. The van der Waals surface area contributed by atoms with Crippen molar-refractivity contribution in [3.8, 4) is 0 Å². The number of rotatable bonds is 3. The number of nitrogens with zero attached hydrogens (tertiary/aromatic N) is 1. The average molecular weight is 285 g/mol. The summed E-state index contributed by atoms with van der Waals surface area (Å²) in [6.45, 7) is 2.63. The quantitative estimate of drug-likeness (QED) is 0.877. The van der Waals surface area contributed by atoms with Crippen molar-refractivity contribution >= 4 is 11.9 Å². The van der Waals surface area contributed by atoms with Crippen molar-refractivity contribution in [1.82, 2.24) is 10.2 Å². The molecule has 21 heavy (non-hydrogen) atoms. The molecule has 1 saturated carbocycles. The van der Waals surface area contributed by atoms with Gasteiger partial charge in [0.25, 0.3) is 0 Å². The van der Waals surface area contributed by atoms with Crippen molar-refractivity contribution in [1.29, 1.82) is 5.41 Å². The Bertz CT molecular complexity index is 536. The highest BCUT2D eigenvalue weighted by molar-refractivity contribution is 6.08. The van der Waals surface area contributed by atoms with Crippen LogP contribution in [0.2, 0.25) is 0 Å². The zero-order valence-corrected chi connectivity index (χ0v) is 12.6. The van der Waals surface area contributed by atoms with Crippen molar-refractivity contribution < 1.29 is 4.79 Å². The van der Waals surface area contributed by atoms with E-state index in [1.165, 1.54) is 19.3 Å². The molecule has 2 fully saturated rings. The Morgan fingerprint density at radius 1 is 1.24 bits per heavy atom. The van der Waals surface area contributed by atoms with Crippen LogP contribution in [0.15, 0.2) is 30.3 Å². The minimum atomic E-state index is -0.479. The summed E-state index contributed by atoms with van der Waals surface area (Å²) in [6, 6.07) is 9.92. The van der Waals surface area contributed by atoms with E-state index in [0.717, 1.165) is 18.4 Å². The van der Waals surface area contributed by atoms with Gasteiger partial charge in [-0.05, 0) is 31.2 Å². The molecule has 4 nitrogen and oxygen atoms in total. The van der Waals surface area contributed by atoms with Gasteiger partial charge in [0.05, 0.1) is 0 Å². The van der Waals surface area contributed by atoms with Crippen LogP contribution in [0.5, 0.6) is 0 Å². The van der Waals surface area contributed by atoms with Gasteiger partial charge in [0.1, 0.15) is 11.4 Å². The van der Waals surface area contributed by atoms with Gasteiger partial charge in [0.2, 0.25) is 0 Å². The fraction of sp³-hybridized carbons (Fsp3) is 0.529. The normalized spacial score (nSPS) is 27.0. The lowest BCUT2D eigenvalue weighted by Crippen LogP contribution is -2.52. The zero-order chi connectivity index (χ0) is 14.9. The molecule has 1 atom stereocenters. The second kappa shape index (κ2) is 5.51. The van der Waals surface area contributed by atoms with Crippen LogP contribution in [-0.4, -0.2) is 22.3 Å². The summed E-state index contributed by atoms with van der Waals surface area (Å²) in [6.07, 6.45) is 5.92. The van der Waals surface area contributed by atoms with E-state index in [4.69, 9.17) is 5.41 Å². The highest BCUT2D eigenvalue weighted by Gasteiger charge is 2.51. The van der Waals surface area contributed by atoms with Gasteiger partial charge >= 0.3 is 6.03 Å². The second-order valence-electron chi connectivity index (χ2n) is 6.36. The molecule has 1 aliphatic carbocycles. The summed E-state index contributed by atoms with van der Waals surface area (Å²) in [5.74, 6) is 0.761. The number of amidine groups is 1. The van der Waals surface area contributed by atoms with Crippen molar-refractivity contribution in [3.05, 3.63) is 35.9 Å². The van der Waals surface area contributed by atoms with Crippen molar-refractivity contribution in [3.63, 3.8) is 0 Å². The Morgan fingerprint density at radius 2 is 1.90 bits per heavy atom. The molecule has 1 aromatic carbocycles. The number of carbonyl (C=O) groups is 1. The molecule has 2 amide bonds. The molecule has 2 aliphatic rings. The standard InChI is InChI=1S/C17H23N3O/c1-17(14-10-6-3-7-11-14)15(18)19-16(21)20(17)12-13-8-4-2-5-9-13/h2,4-5,8-9,14H,3,6-7,10-12H2,1H3,(H2,18,19,21). The van der Waals surface area contributed by atoms with E-state index in [-0.39, 0.29) is 6.03 Å². The van der Waals surface area contributed by atoms with Crippen LogP contribution in [0, 0.1) is 11.3 Å². The lowest BCUT2D eigenvalue weighted by molar-refractivity contribution is 0.118. The number of urea groups is 1. The van der Waals surface area contributed by atoms with Gasteiger partial charge in [-0.1, -0.05) is 49.6 Å². The molecule has 4 heteroatoms. The maximum Gasteiger partial charge on any atom is 0.323 e. The van der Waals surface area contributed by atoms with Gasteiger partial charge in [0, 0.05) is 6.54 Å². The summed E-state index contributed by atoms with van der Waals surface area (Å²) in [5, 5.41) is 11.0. The third-order valence-corrected chi connectivity index (χ3v) is 5.13. The number of nitrogens with one attached hydrogen (secondary N) is 2. The molecular weight excluding hydrogens is 262 g/mol. The minimum Gasteiger partial charge on any atom is -0.307 e. The highest BCUT2D eigenvalue weighted by atomic mass is 16.2. The summed E-state index contributed by atoms with van der Waals surface area (Å²) < 4.78 is 0. The van der Waals surface area contributed by atoms with E-state index >= 15 is 0 Å². The molecule has 0 spiro atoms. The van der Waals surface area contributed by atoms with E-state index in [0.29, 0.717) is 18.3 Å². The van der Waals surface area contributed by atoms with Crippen LogP contribution < -0.4 is 5.32 Å². The number of amides is 2. The Balaban J connectivity index is 1.88. The molecule has 1 saturated heterocycles. The first-order chi connectivity index (χ1) is 10.1. The van der Waals surface area contributed by atoms with Crippen molar-refractivity contribution in [2.45, 2.75) is 51.1 Å². The maximum atomic E-state index is 12.3. The van der Waals surface area contributed by atoms with Crippen LogP contribution in [0.25, 0.3) is 0 Å². The van der Waals surface area contributed by atoms with E-state index in [2.05, 4.69) is 12.2 Å². The summed E-state index contributed by atoms with van der Waals surface area (Å²) in [4.78, 5) is 14.2. The van der Waals surface area contributed by atoms with E-state index in [1.807, 2.05) is 35.2 Å². The van der Waals surface area contributed by atoms with Crippen LogP contribution in [0.1, 0.15) is 44.6 Å². The van der Waals surface area contributed by atoms with Gasteiger partial charge in [0.15, 0.2) is 0 Å². The molecule has 2 N–H and O–H groups in total. The van der Waals surface area contributed by atoms with E-state index in [9.17, 15) is 4.79 Å². The van der Waals surface area contributed by atoms with Crippen LogP contribution in [0.4, 0.5) is 4.79 Å². The predicted molar refractivity (Wildman–Crippen MR) is 83.2 cm³/mol. The Morgan fingerprint density at radius 3 is 2.57 bits per heavy atom. The summed E-state index contributed by atoms with van der Waals surface area (Å²) >= 11 is 0. The first-order valence-electron chi connectivity index (χ1n) is 7.84. The number of hydrogen-bond acceptors (Lipinski definition) is 2. The molecule has 1 aromatic rings. The predicted octanol–water partition coefficient (Wildman–Crippen LogP) is 3.53. The molecule has 0 bridgehead atoms. The molecule has 3 rings (SSSR count). The smallest absolute Gasteiger partial charge is 0.307 e. The fourth-order valence-electron chi connectivity index (χ4n) is 3.74. The topological polar surface area (TPSA) is 56.2 Å². The second-order valence-corrected chi connectivity index (χ2v) is 6.36. The average Bonchev–Trinajstić information content (AvgIpc) is 2.74. The Labute approximate surface area is 126 Å². The molecule has 1 unspecified atom stereocenters. The van der Waals surface area contributed by atoms with Gasteiger partial charge in [-0.15, -0.1) is 0 Å². The maximum absolute atomic E-state index is 12.3. The lowest BCUT2D eigenvalue weighted by atomic mass is 9.74.